The van der Waals surface area contributed by atoms with Crippen LogP contribution in [0.2, 0.25) is 0 Å². The number of carbonyl (C=O) groups excluding carboxylic acids is 1. The molecule has 0 aromatic heterocycles. The number of ether oxygens (including phenoxy) is 2. The van der Waals surface area contributed by atoms with Crippen molar-refractivity contribution in [1.29, 1.82) is 0 Å². The van der Waals surface area contributed by atoms with Crippen LogP contribution in [-0.2, 0) is 14.3 Å². The molecule has 102 valence electrons. The van der Waals surface area contributed by atoms with Crippen LogP contribution in [0.5, 0.6) is 0 Å². The summed E-state index contributed by atoms with van der Waals surface area (Å²) in [7, 11) is 0. The minimum Gasteiger partial charge on any atom is -0.465 e. The van der Waals surface area contributed by atoms with E-state index in [0.717, 1.165) is 0 Å². The van der Waals surface area contributed by atoms with Gasteiger partial charge in [0.25, 0.3) is 0 Å². The molecule has 0 rings (SSSR count). The van der Waals surface area contributed by atoms with Crippen LogP contribution in [0.4, 0.5) is 0 Å². The molecule has 0 aliphatic rings. The highest BCUT2D eigenvalue weighted by Crippen LogP contribution is 2.03. The molecule has 0 amide bonds. The quantitative estimate of drug-likeness (QED) is 0.604. The molecule has 0 bridgehead atoms. The van der Waals surface area contributed by atoms with E-state index in [9.17, 15) is 4.79 Å². The standard InChI is InChI=1S/C12H26N2O3/c1-5-16-11(7-13)8-14(10(3)4)9-12(15)17-6-2/h10-11H,5-9,13H2,1-4H3. The van der Waals surface area contributed by atoms with Crippen LogP contribution in [0.1, 0.15) is 27.7 Å². The smallest absolute Gasteiger partial charge is 0.320 e. The summed E-state index contributed by atoms with van der Waals surface area (Å²) in [6.07, 6.45) is -0.0307. The van der Waals surface area contributed by atoms with E-state index >= 15 is 0 Å². The summed E-state index contributed by atoms with van der Waals surface area (Å²) in [6, 6.07) is 0.258. The van der Waals surface area contributed by atoms with Gasteiger partial charge in [0.15, 0.2) is 0 Å². The predicted octanol–water partition coefficient (Wildman–Crippen LogP) is 0.624. The largest absolute Gasteiger partial charge is 0.465 e. The Morgan fingerprint density at radius 1 is 1.29 bits per heavy atom. The highest BCUT2D eigenvalue weighted by molar-refractivity contribution is 5.71. The third-order valence-electron chi connectivity index (χ3n) is 2.47. The van der Waals surface area contributed by atoms with E-state index in [4.69, 9.17) is 15.2 Å². The maximum Gasteiger partial charge on any atom is 0.320 e. The summed E-state index contributed by atoms with van der Waals surface area (Å²) >= 11 is 0. The first-order chi connectivity index (χ1) is 8.04. The van der Waals surface area contributed by atoms with Crippen LogP contribution in [0, 0.1) is 0 Å². The maximum atomic E-state index is 11.4. The molecule has 0 fully saturated rings. The van der Waals surface area contributed by atoms with Crippen molar-refractivity contribution in [1.82, 2.24) is 4.90 Å². The second kappa shape index (κ2) is 9.39. The van der Waals surface area contributed by atoms with E-state index in [-0.39, 0.29) is 24.7 Å². The van der Waals surface area contributed by atoms with Crippen molar-refractivity contribution in [3.8, 4) is 0 Å². The van der Waals surface area contributed by atoms with Crippen LogP contribution in [0.3, 0.4) is 0 Å². The molecule has 0 spiro atoms. The fourth-order valence-electron chi connectivity index (χ4n) is 1.52. The van der Waals surface area contributed by atoms with Crippen molar-refractivity contribution < 1.29 is 14.3 Å². The van der Waals surface area contributed by atoms with Gasteiger partial charge in [-0.25, -0.2) is 0 Å². The Labute approximate surface area is 104 Å². The van der Waals surface area contributed by atoms with Gasteiger partial charge in [-0.15, -0.1) is 0 Å². The third-order valence-corrected chi connectivity index (χ3v) is 2.47. The van der Waals surface area contributed by atoms with E-state index < -0.39 is 0 Å². The molecule has 0 saturated heterocycles. The van der Waals surface area contributed by atoms with E-state index in [2.05, 4.69) is 0 Å². The molecule has 0 aliphatic heterocycles. The Balaban J connectivity index is 4.26. The zero-order valence-electron chi connectivity index (χ0n) is 11.4. The maximum absolute atomic E-state index is 11.4. The van der Waals surface area contributed by atoms with Gasteiger partial charge in [0.2, 0.25) is 0 Å². The normalized spacial score (nSPS) is 13.1. The number of hydrogen-bond acceptors (Lipinski definition) is 5. The molecule has 1 atom stereocenters. The Hall–Kier alpha value is -0.650. The Kier molecular flexibility index (Phi) is 9.03. The average Bonchev–Trinajstić information content (AvgIpc) is 2.27. The number of esters is 1. The molecule has 0 aliphatic carbocycles. The Bertz CT molecular complexity index is 210. The summed E-state index contributed by atoms with van der Waals surface area (Å²) in [4.78, 5) is 13.5. The molecule has 0 heterocycles. The van der Waals surface area contributed by atoms with Crippen molar-refractivity contribution in [2.24, 2.45) is 5.73 Å². The summed E-state index contributed by atoms with van der Waals surface area (Å²) in [6.45, 7) is 10.3. The summed E-state index contributed by atoms with van der Waals surface area (Å²) in [5.41, 5.74) is 5.63. The lowest BCUT2D eigenvalue weighted by atomic mass is 10.2. The highest BCUT2D eigenvalue weighted by atomic mass is 16.5. The van der Waals surface area contributed by atoms with E-state index in [1.54, 1.807) is 6.92 Å². The lowest BCUT2D eigenvalue weighted by molar-refractivity contribution is -0.145. The summed E-state index contributed by atoms with van der Waals surface area (Å²) in [5.74, 6) is -0.200. The first-order valence-corrected chi connectivity index (χ1v) is 6.26. The van der Waals surface area contributed by atoms with Crippen molar-refractivity contribution in [2.75, 3.05) is 32.8 Å². The Morgan fingerprint density at radius 2 is 1.94 bits per heavy atom. The van der Waals surface area contributed by atoms with E-state index in [0.29, 0.717) is 26.3 Å². The van der Waals surface area contributed by atoms with Gasteiger partial charge in [0, 0.05) is 25.7 Å². The average molecular weight is 246 g/mol. The molecule has 5 nitrogen and oxygen atoms in total. The highest BCUT2D eigenvalue weighted by Gasteiger charge is 2.19. The molecule has 2 N–H and O–H groups in total. The molecule has 0 saturated carbocycles. The zero-order valence-corrected chi connectivity index (χ0v) is 11.4. The topological polar surface area (TPSA) is 64.8 Å². The van der Waals surface area contributed by atoms with Crippen LogP contribution >= 0.6 is 0 Å². The molecular formula is C12H26N2O3. The van der Waals surface area contributed by atoms with Crippen molar-refractivity contribution in [3.05, 3.63) is 0 Å². The van der Waals surface area contributed by atoms with Crippen molar-refractivity contribution in [3.63, 3.8) is 0 Å². The fourth-order valence-corrected chi connectivity index (χ4v) is 1.52. The molecule has 0 aromatic carbocycles. The van der Waals surface area contributed by atoms with Gasteiger partial charge >= 0.3 is 5.97 Å². The van der Waals surface area contributed by atoms with E-state index in [1.807, 2.05) is 25.7 Å². The number of nitrogens with two attached hydrogens (primary N) is 1. The lowest BCUT2D eigenvalue weighted by Gasteiger charge is -2.29. The third kappa shape index (κ3) is 7.31. The van der Waals surface area contributed by atoms with Crippen molar-refractivity contribution >= 4 is 5.97 Å². The van der Waals surface area contributed by atoms with Gasteiger partial charge in [-0.05, 0) is 27.7 Å². The molecule has 0 aromatic rings. The van der Waals surface area contributed by atoms with Gasteiger partial charge in [0.05, 0.1) is 19.3 Å². The van der Waals surface area contributed by atoms with Gasteiger partial charge < -0.3 is 15.2 Å². The van der Waals surface area contributed by atoms with Crippen LogP contribution in [-0.4, -0.2) is 55.9 Å². The van der Waals surface area contributed by atoms with Gasteiger partial charge in [-0.3, -0.25) is 9.69 Å². The van der Waals surface area contributed by atoms with Crippen LogP contribution < -0.4 is 5.73 Å². The first kappa shape index (κ1) is 16.4. The predicted molar refractivity (Wildman–Crippen MR) is 67.8 cm³/mol. The number of rotatable bonds is 9. The zero-order chi connectivity index (χ0) is 13.3. The van der Waals surface area contributed by atoms with E-state index in [1.165, 1.54) is 0 Å². The van der Waals surface area contributed by atoms with Crippen LogP contribution in [0.25, 0.3) is 0 Å². The fraction of sp³-hybridized carbons (Fsp3) is 0.917. The SMILES string of the molecule is CCOC(=O)CN(CC(CN)OCC)C(C)C. The number of nitrogens with zero attached hydrogens (tertiary/aromatic N) is 1. The van der Waals surface area contributed by atoms with Crippen LogP contribution in [0.15, 0.2) is 0 Å². The van der Waals surface area contributed by atoms with Gasteiger partial charge in [0.1, 0.15) is 0 Å². The molecule has 0 radical (unpaired) electrons. The van der Waals surface area contributed by atoms with Crippen molar-refractivity contribution in [2.45, 2.75) is 39.8 Å². The minimum absolute atomic E-state index is 0.0307. The molecule has 5 heteroatoms. The number of carbonyl (C=O) groups is 1. The second-order valence-corrected chi connectivity index (χ2v) is 4.14. The second-order valence-electron chi connectivity index (χ2n) is 4.14. The summed E-state index contributed by atoms with van der Waals surface area (Å²) < 4.78 is 10.4. The van der Waals surface area contributed by atoms with Gasteiger partial charge in [-0.2, -0.15) is 0 Å². The number of hydrogen-bond donors (Lipinski definition) is 1. The molecule has 17 heavy (non-hydrogen) atoms. The molecular weight excluding hydrogens is 220 g/mol. The minimum atomic E-state index is -0.200. The lowest BCUT2D eigenvalue weighted by Crippen LogP contribution is -2.44. The Morgan fingerprint density at radius 3 is 2.35 bits per heavy atom. The first-order valence-electron chi connectivity index (χ1n) is 6.26. The molecule has 1 unspecified atom stereocenters. The summed E-state index contributed by atoms with van der Waals surface area (Å²) in [5, 5.41) is 0. The van der Waals surface area contributed by atoms with Gasteiger partial charge in [-0.1, -0.05) is 0 Å². The monoisotopic (exact) mass is 246 g/mol.